The molecular weight excluding hydrogens is 430 g/mol. The lowest BCUT2D eigenvalue weighted by atomic mass is 10.2. The Hall–Kier alpha value is -3.58. The Kier molecular flexibility index (Phi) is 5.58. The van der Waals surface area contributed by atoms with Crippen LogP contribution < -0.4 is 10.2 Å². The Bertz CT molecular complexity index is 1050. The molecule has 0 aliphatic carbocycles. The van der Waals surface area contributed by atoms with Gasteiger partial charge in [-0.3, -0.25) is 14.7 Å². The molecule has 0 fully saturated rings. The van der Waals surface area contributed by atoms with Gasteiger partial charge in [0.25, 0.3) is 5.91 Å². The van der Waals surface area contributed by atoms with Crippen molar-refractivity contribution in [3.63, 3.8) is 0 Å². The van der Waals surface area contributed by atoms with Crippen molar-refractivity contribution in [3.8, 4) is 0 Å². The van der Waals surface area contributed by atoms with E-state index in [-0.39, 0.29) is 5.91 Å². The highest BCUT2D eigenvalue weighted by molar-refractivity contribution is 9.10. The van der Waals surface area contributed by atoms with Crippen molar-refractivity contribution in [3.05, 3.63) is 102 Å². The molecule has 2 aromatic carbocycles. The van der Waals surface area contributed by atoms with Crippen LogP contribution in [0.25, 0.3) is 0 Å². The Balaban J connectivity index is 1.59. The molecule has 0 radical (unpaired) electrons. The van der Waals surface area contributed by atoms with Crippen LogP contribution in [0, 0.1) is 0 Å². The van der Waals surface area contributed by atoms with Crippen LogP contribution in [0.5, 0.6) is 0 Å². The lowest BCUT2D eigenvalue weighted by Gasteiger charge is -2.22. The van der Waals surface area contributed by atoms with Gasteiger partial charge in [0, 0.05) is 46.2 Å². The zero-order chi connectivity index (χ0) is 20.1. The first-order valence-corrected chi connectivity index (χ1v) is 9.64. The maximum atomic E-state index is 12.4. The Morgan fingerprint density at radius 1 is 0.793 bits per heavy atom. The van der Waals surface area contributed by atoms with Gasteiger partial charge in [0.05, 0.1) is 5.69 Å². The topological polar surface area (TPSA) is 71.0 Å². The number of pyridine rings is 1. The quantitative estimate of drug-likeness (QED) is 0.447. The molecule has 1 amide bonds. The van der Waals surface area contributed by atoms with E-state index in [9.17, 15) is 4.79 Å². The van der Waals surface area contributed by atoms with Gasteiger partial charge in [0.1, 0.15) is 0 Å². The van der Waals surface area contributed by atoms with Gasteiger partial charge in [-0.25, -0.2) is 9.97 Å². The smallest absolute Gasteiger partial charge is 0.255 e. The fourth-order valence-electron chi connectivity index (χ4n) is 2.78. The van der Waals surface area contributed by atoms with Crippen LogP contribution in [0.2, 0.25) is 0 Å². The van der Waals surface area contributed by atoms with Gasteiger partial charge >= 0.3 is 0 Å². The molecule has 29 heavy (non-hydrogen) atoms. The van der Waals surface area contributed by atoms with Crippen LogP contribution in [0.4, 0.5) is 23.0 Å². The largest absolute Gasteiger partial charge is 0.322 e. The first-order valence-electron chi connectivity index (χ1n) is 8.85. The summed E-state index contributed by atoms with van der Waals surface area (Å²) in [5.74, 6) is 0.382. The van der Waals surface area contributed by atoms with E-state index < -0.39 is 0 Å². The molecule has 2 heterocycles. The van der Waals surface area contributed by atoms with Crippen molar-refractivity contribution < 1.29 is 4.79 Å². The number of hydrogen-bond acceptors (Lipinski definition) is 5. The maximum Gasteiger partial charge on any atom is 0.255 e. The Morgan fingerprint density at radius 3 is 2.07 bits per heavy atom. The third-order valence-electron chi connectivity index (χ3n) is 4.16. The molecule has 0 saturated carbocycles. The van der Waals surface area contributed by atoms with Gasteiger partial charge in [-0.1, -0.05) is 15.9 Å². The number of carbonyl (C=O) groups is 1. The van der Waals surface area contributed by atoms with Crippen molar-refractivity contribution in [1.29, 1.82) is 0 Å². The fourth-order valence-corrected chi connectivity index (χ4v) is 3.04. The van der Waals surface area contributed by atoms with Crippen LogP contribution in [0.1, 0.15) is 10.4 Å². The standard InChI is InChI=1S/C22H16BrN5O/c23-17-4-2-16(3-5-17)21(29)27-18-6-8-19(9-7-18)28(20-10-14-24-15-11-20)22-25-12-1-13-26-22/h1-15H,(H,27,29). The summed E-state index contributed by atoms with van der Waals surface area (Å²) in [7, 11) is 0. The molecule has 4 rings (SSSR count). The van der Waals surface area contributed by atoms with Crippen LogP contribution in [-0.4, -0.2) is 20.9 Å². The summed E-state index contributed by atoms with van der Waals surface area (Å²) in [5, 5.41) is 2.91. The molecule has 0 bridgehead atoms. The SMILES string of the molecule is O=C(Nc1ccc(N(c2ccncc2)c2ncccn2)cc1)c1ccc(Br)cc1. The number of rotatable bonds is 5. The van der Waals surface area contributed by atoms with Gasteiger partial charge in [-0.15, -0.1) is 0 Å². The number of carbonyl (C=O) groups excluding carboxylic acids is 1. The minimum absolute atomic E-state index is 0.164. The molecule has 0 spiro atoms. The molecule has 0 aliphatic rings. The highest BCUT2D eigenvalue weighted by Gasteiger charge is 2.14. The minimum Gasteiger partial charge on any atom is -0.322 e. The van der Waals surface area contributed by atoms with Crippen molar-refractivity contribution in [2.45, 2.75) is 0 Å². The number of benzene rings is 2. The molecule has 2 aromatic heterocycles. The zero-order valence-electron chi connectivity index (χ0n) is 15.2. The number of nitrogens with zero attached hydrogens (tertiary/aromatic N) is 4. The molecular formula is C22H16BrN5O. The van der Waals surface area contributed by atoms with E-state index in [1.165, 1.54) is 0 Å². The Labute approximate surface area is 176 Å². The van der Waals surface area contributed by atoms with Crippen molar-refractivity contribution in [2.24, 2.45) is 0 Å². The van der Waals surface area contributed by atoms with Crippen molar-refractivity contribution >= 4 is 44.8 Å². The predicted molar refractivity (Wildman–Crippen MR) is 117 cm³/mol. The number of amides is 1. The maximum absolute atomic E-state index is 12.4. The highest BCUT2D eigenvalue weighted by Crippen LogP contribution is 2.32. The molecule has 0 saturated heterocycles. The summed E-state index contributed by atoms with van der Waals surface area (Å²) in [5.41, 5.74) is 3.04. The van der Waals surface area contributed by atoms with E-state index in [4.69, 9.17) is 0 Å². The van der Waals surface area contributed by atoms with Gasteiger partial charge < -0.3 is 5.32 Å². The second kappa shape index (κ2) is 8.62. The van der Waals surface area contributed by atoms with E-state index in [1.54, 1.807) is 43.0 Å². The number of nitrogens with one attached hydrogen (secondary N) is 1. The Morgan fingerprint density at radius 2 is 1.41 bits per heavy atom. The molecule has 4 aromatic rings. The van der Waals surface area contributed by atoms with E-state index >= 15 is 0 Å². The van der Waals surface area contributed by atoms with E-state index in [1.807, 2.05) is 53.4 Å². The molecule has 142 valence electrons. The lowest BCUT2D eigenvalue weighted by Crippen LogP contribution is -2.14. The number of anilines is 4. The third-order valence-corrected chi connectivity index (χ3v) is 4.69. The molecule has 1 N–H and O–H groups in total. The number of hydrogen-bond donors (Lipinski definition) is 1. The summed E-state index contributed by atoms with van der Waals surface area (Å²) in [6, 6.07) is 20.3. The second-order valence-corrected chi connectivity index (χ2v) is 7.01. The van der Waals surface area contributed by atoms with Crippen LogP contribution in [0.3, 0.4) is 0 Å². The van der Waals surface area contributed by atoms with Gasteiger partial charge in [0.2, 0.25) is 5.95 Å². The predicted octanol–water partition coefficient (Wildman–Crippen LogP) is 5.36. The van der Waals surface area contributed by atoms with Crippen molar-refractivity contribution in [2.75, 3.05) is 10.2 Å². The monoisotopic (exact) mass is 445 g/mol. The normalized spacial score (nSPS) is 10.4. The van der Waals surface area contributed by atoms with Crippen LogP contribution in [0.15, 0.2) is 96.0 Å². The molecule has 7 heteroatoms. The van der Waals surface area contributed by atoms with Crippen molar-refractivity contribution in [1.82, 2.24) is 15.0 Å². The minimum atomic E-state index is -0.164. The zero-order valence-corrected chi connectivity index (χ0v) is 16.8. The van der Waals surface area contributed by atoms with Gasteiger partial charge in [0.15, 0.2) is 0 Å². The summed E-state index contributed by atoms with van der Waals surface area (Å²) < 4.78 is 0.928. The van der Waals surface area contributed by atoms with Crippen LogP contribution in [-0.2, 0) is 0 Å². The van der Waals surface area contributed by atoms with E-state index in [0.29, 0.717) is 17.2 Å². The first kappa shape index (κ1) is 18.8. The summed E-state index contributed by atoms with van der Waals surface area (Å²) in [4.78, 5) is 27.2. The fraction of sp³-hybridized carbons (Fsp3) is 0. The third kappa shape index (κ3) is 4.47. The summed E-state index contributed by atoms with van der Waals surface area (Å²) in [6.07, 6.45) is 6.84. The number of halogens is 1. The second-order valence-electron chi connectivity index (χ2n) is 6.10. The summed E-state index contributed by atoms with van der Waals surface area (Å²) >= 11 is 3.37. The van der Waals surface area contributed by atoms with Crippen LogP contribution >= 0.6 is 15.9 Å². The summed E-state index contributed by atoms with van der Waals surface area (Å²) in [6.45, 7) is 0. The van der Waals surface area contributed by atoms with E-state index in [2.05, 4.69) is 36.2 Å². The first-order chi connectivity index (χ1) is 14.2. The highest BCUT2D eigenvalue weighted by atomic mass is 79.9. The molecule has 6 nitrogen and oxygen atoms in total. The average molecular weight is 446 g/mol. The molecule has 0 unspecified atom stereocenters. The van der Waals surface area contributed by atoms with Gasteiger partial charge in [-0.05, 0) is 66.7 Å². The number of aromatic nitrogens is 3. The molecule has 0 atom stereocenters. The average Bonchev–Trinajstić information content (AvgIpc) is 2.77. The van der Waals surface area contributed by atoms with E-state index in [0.717, 1.165) is 15.8 Å². The van der Waals surface area contributed by atoms with Gasteiger partial charge in [-0.2, -0.15) is 0 Å². The lowest BCUT2D eigenvalue weighted by molar-refractivity contribution is 0.102. The molecule has 0 aliphatic heterocycles.